The van der Waals surface area contributed by atoms with Crippen molar-refractivity contribution in [3.63, 3.8) is 0 Å². The standard InChI is InChI=1S/C18H29NO/c1-5-18(20,6-2)13-19-16-11-12-17(3,4)15-10-8-7-9-14(15)16/h7-10,16,19-20H,5-6,11-13H2,1-4H3. The SMILES string of the molecule is CCC(O)(CC)CNC1CCC(C)(C)c2ccccc21. The predicted molar refractivity (Wildman–Crippen MR) is 85.0 cm³/mol. The molecule has 20 heavy (non-hydrogen) atoms. The molecule has 1 aliphatic rings. The fourth-order valence-electron chi connectivity index (χ4n) is 3.24. The Morgan fingerprint density at radius 2 is 1.90 bits per heavy atom. The third-order valence-electron chi connectivity index (χ3n) is 5.12. The molecule has 1 unspecified atom stereocenters. The molecule has 0 saturated heterocycles. The average Bonchev–Trinajstić information content (AvgIpc) is 2.46. The Morgan fingerprint density at radius 3 is 2.55 bits per heavy atom. The van der Waals surface area contributed by atoms with Crippen LogP contribution in [-0.2, 0) is 5.41 Å². The van der Waals surface area contributed by atoms with Crippen LogP contribution in [0.3, 0.4) is 0 Å². The molecule has 0 amide bonds. The van der Waals surface area contributed by atoms with Gasteiger partial charge < -0.3 is 10.4 Å². The maximum absolute atomic E-state index is 10.4. The Hall–Kier alpha value is -0.860. The van der Waals surface area contributed by atoms with E-state index in [1.807, 2.05) is 0 Å². The maximum atomic E-state index is 10.4. The fourth-order valence-corrected chi connectivity index (χ4v) is 3.24. The van der Waals surface area contributed by atoms with Crippen LogP contribution in [0.25, 0.3) is 0 Å². The highest BCUT2D eigenvalue weighted by Gasteiger charge is 2.33. The second-order valence-electron chi connectivity index (χ2n) is 6.87. The van der Waals surface area contributed by atoms with Gasteiger partial charge in [0.1, 0.15) is 0 Å². The molecule has 1 aromatic rings. The first kappa shape index (κ1) is 15.5. The maximum Gasteiger partial charge on any atom is 0.0766 e. The van der Waals surface area contributed by atoms with Crippen molar-refractivity contribution >= 4 is 0 Å². The highest BCUT2D eigenvalue weighted by Crippen LogP contribution is 2.41. The lowest BCUT2D eigenvalue weighted by atomic mass is 9.71. The van der Waals surface area contributed by atoms with Gasteiger partial charge in [-0.2, -0.15) is 0 Å². The number of hydrogen-bond acceptors (Lipinski definition) is 2. The highest BCUT2D eigenvalue weighted by molar-refractivity contribution is 5.38. The number of benzene rings is 1. The molecule has 1 aromatic carbocycles. The van der Waals surface area contributed by atoms with Gasteiger partial charge in [0.05, 0.1) is 5.60 Å². The molecular formula is C18H29NO. The summed E-state index contributed by atoms with van der Waals surface area (Å²) in [7, 11) is 0. The lowest BCUT2D eigenvalue weighted by Crippen LogP contribution is -2.42. The second-order valence-corrected chi connectivity index (χ2v) is 6.87. The Bertz CT molecular complexity index is 448. The van der Waals surface area contributed by atoms with Crippen LogP contribution < -0.4 is 5.32 Å². The summed E-state index contributed by atoms with van der Waals surface area (Å²) in [5, 5.41) is 14.1. The van der Waals surface area contributed by atoms with Crippen molar-refractivity contribution in [1.29, 1.82) is 0 Å². The molecule has 0 heterocycles. The van der Waals surface area contributed by atoms with Gasteiger partial charge in [-0.15, -0.1) is 0 Å². The third kappa shape index (κ3) is 3.07. The van der Waals surface area contributed by atoms with Crippen LogP contribution in [0.4, 0.5) is 0 Å². The molecular weight excluding hydrogens is 246 g/mol. The zero-order valence-electron chi connectivity index (χ0n) is 13.4. The van der Waals surface area contributed by atoms with Crippen LogP contribution in [0, 0.1) is 0 Å². The van der Waals surface area contributed by atoms with E-state index in [9.17, 15) is 5.11 Å². The summed E-state index contributed by atoms with van der Waals surface area (Å²) in [6.45, 7) is 9.46. The summed E-state index contributed by atoms with van der Waals surface area (Å²) in [5.74, 6) is 0. The van der Waals surface area contributed by atoms with Crippen LogP contribution >= 0.6 is 0 Å². The third-order valence-corrected chi connectivity index (χ3v) is 5.12. The Kier molecular flexibility index (Phi) is 4.55. The van der Waals surface area contributed by atoms with Crippen LogP contribution in [0.2, 0.25) is 0 Å². The van der Waals surface area contributed by atoms with Gasteiger partial charge in [0, 0.05) is 12.6 Å². The summed E-state index contributed by atoms with van der Waals surface area (Å²) in [6.07, 6.45) is 3.94. The zero-order valence-corrected chi connectivity index (χ0v) is 13.4. The van der Waals surface area contributed by atoms with Crippen molar-refractivity contribution in [1.82, 2.24) is 5.32 Å². The number of rotatable bonds is 5. The van der Waals surface area contributed by atoms with E-state index < -0.39 is 5.60 Å². The summed E-state index contributed by atoms with van der Waals surface area (Å²) in [4.78, 5) is 0. The number of aliphatic hydroxyl groups is 1. The minimum absolute atomic E-state index is 0.264. The fraction of sp³-hybridized carbons (Fsp3) is 0.667. The van der Waals surface area contributed by atoms with E-state index in [1.165, 1.54) is 17.5 Å². The lowest BCUT2D eigenvalue weighted by molar-refractivity contribution is 0.0289. The van der Waals surface area contributed by atoms with E-state index in [0.29, 0.717) is 12.6 Å². The number of fused-ring (bicyclic) bond motifs is 1. The molecule has 112 valence electrons. The van der Waals surface area contributed by atoms with Gasteiger partial charge in [0.15, 0.2) is 0 Å². The highest BCUT2D eigenvalue weighted by atomic mass is 16.3. The van der Waals surface area contributed by atoms with Crippen LogP contribution in [0.5, 0.6) is 0 Å². The van der Waals surface area contributed by atoms with E-state index in [-0.39, 0.29) is 5.41 Å². The summed E-state index contributed by atoms with van der Waals surface area (Å²) >= 11 is 0. The molecule has 0 aliphatic heterocycles. The van der Waals surface area contributed by atoms with Gasteiger partial charge in [0.25, 0.3) is 0 Å². The summed E-state index contributed by atoms with van der Waals surface area (Å²) in [5.41, 5.74) is 2.57. The Labute approximate surface area is 123 Å². The molecule has 1 atom stereocenters. The number of nitrogens with one attached hydrogen (secondary N) is 1. The molecule has 0 fully saturated rings. The Balaban J connectivity index is 2.15. The monoisotopic (exact) mass is 275 g/mol. The zero-order chi connectivity index (χ0) is 14.8. The van der Waals surface area contributed by atoms with Gasteiger partial charge in [-0.05, 0) is 42.2 Å². The summed E-state index contributed by atoms with van der Waals surface area (Å²) in [6, 6.07) is 9.14. The van der Waals surface area contributed by atoms with Gasteiger partial charge in [0.2, 0.25) is 0 Å². The normalized spacial score (nSPS) is 21.6. The van der Waals surface area contributed by atoms with Gasteiger partial charge >= 0.3 is 0 Å². The van der Waals surface area contributed by atoms with Crippen LogP contribution in [-0.4, -0.2) is 17.3 Å². The van der Waals surface area contributed by atoms with Gasteiger partial charge in [-0.25, -0.2) is 0 Å². The molecule has 2 heteroatoms. The van der Waals surface area contributed by atoms with Crippen molar-refractivity contribution in [3.8, 4) is 0 Å². The van der Waals surface area contributed by atoms with E-state index >= 15 is 0 Å². The Morgan fingerprint density at radius 1 is 1.25 bits per heavy atom. The van der Waals surface area contributed by atoms with Crippen molar-refractivity contribution in [3.05, 3.63) is 35.4 Å². The quantitative estimate of drug-likeness (QED) is 0.853. The molecule has 0 bridgehead atoms. The first-order valence-corrected chi connectivity index (χ1v) is 7.97. The van der Waals surface area contributed by atoms with Crippen LogP contribution in [0.15, 0.2) is 24.3 Å². The van der Waals surface area contributed by atoms with Crippen molar-refractivity contribution in [2.45, 2.75) is 70.4 Å². The first-order valence-electron chi connectivity index (χ1n) is 7.97. The molecule has 2 N–H and O–H groups in total. The predicted octanol–water partition coefficient (Wildman–Crippen LogP) is 3.94. The molecule has 0 aromatic heterocycles. The van der Waals surface area contributed by atoms with E-state index in [4.69, 9.17) is 0 Å². The smallest absolute Gasteiger partial charge is 0.0766 e. The number of hydrogen-bond donors (Lipinski definition) is 2. The average molecular weight is 275 g/mol. The molecule has 2 rings (SSSR count). The van der Waals surface area contributed by atoms with E-state index in [2.05, 4.69) is 57.3 Å². The van der Waals surface area contributed by atoms with Crippen LogP contribution in [0.1, 0.15) is 70.5 Å². The van der Waals surface area contributed by atoms with Crippen molar-refractivity contribution < 1.29 is 5.11 Å². The summed E-state index contributed by atoms with van der Waals surface area (Å²) < 4.78 is 0. The minimum atomic E-state index is -0.568. The van der Waals surface area contributed by atoms with E-state index in [0.717, 1.165) is 19.3 Å². The molecule has 0 spiro atoms. The van der Waals surface area contributed by atoms with E-state index in [1.54, 1.807) is 0 Å². The van der Waals surface area contributed by atoms with Crippen molar-refractivity contribution in [2.75, 3.05) is 6.54 Å². The molecule has 0 saturated carbocycles. The molecule has 0 radical (unpaired) electrons. The molecule has 2 nitrogen and oxygen atoms in total. The largest absolute Gasteiger partial charge is 0.389 e. The lowest BCUT2D eigenvalue weighted by Gasteiger charge is -2.38. The topological polar surface area (TPSA) is 32.3 Å². The van der Waals surface area contributed by atoms with Crippen molar-refractivity contribution in [2.24, 2.45) is 0 Å². The second kappa shape index (κ2) is 5.87. The molecule has 1 aliphatic carbocycles. The van der Waals surface area contributed by atoms with Gasteiger partial charge in [-0.3, -0.25) is 0 Å². The minimum Gasteiger partial charge on any atom is -0.389 e. The first-order chi connectivity index (χ1) is 9.42. The van der Waals surface area contributed by atoms with Gasteiger partial charge in [-0.1, -0.05) is 52.0 Å².